The van der Waals surface area contributed by atoms with Crippen molar-refractivity contribution in [2.24, 2.45) is 0 Å². The molecule has 0 spiro atoms. The lowest BCUT2D eigenvalue weighted by molar-refractivity contribution is -0.166. The van der Waals surface area contributed by atoms with Gasteiger partial charge in [0.25, 0.3) is 5.91 Å². The van der Waals surface area contributed by atoms with Crippen LogP contribution in [0.4, 0.5) is 0 Å². The Hall–Kier alpha value is -3.52. The van der Waals surface area contributed by atoms with Gasteiger partial charge in [-0.3, -0.25) is 9.59 Å². The predicted molar refractivity (Wildman–Crippen MR) is 132 cm³/mol. The summed E-state index contributed by atoms with van der Waals surface area (Å²) >= 11 is 0. The first-order valence-electron chi connectivity index (χ1n) is 12.1. The zero-order chi connectivity index (χ0) is 24.7. The quantitative estimate of drug-likeness (QED) is 0.546. The number of rotatable bonds is 7. The van der Waals surface area contributed by atoms with Gasteiger partial charge in [-0.2, -0.15) is 0 Å². The van der Waals surface area contributed by atoms with Gasteiger partial charge < -0.3 is 29.4 Å². The van der Waals surface area contributed by atoms with Crippen LogP contribution in [0.3, 0.4) is 0 Å². The van der Waals surface area contributed by atoms with E-state index < -0.39 is 5.54 Å². The molecule has 3 heterocycles. The van der Waals surface area contributed by atoms with Gasteiger partial charge in [0.1, 0.15) is 0 Å². The third-order valence-corrected chi connectivity index (χ3v) is 7.24. The Morgan fingerprint density at radius 3 is 2.71 bits per heavy atom. The minimum Gasteiger partial charge on any atom is -0.493 e. The fourth-order valence-corrected chi connectivity index (χ4v) is 5.51. The van der Waals surface area contributed by atoms with E-state index in [2.05, 4.69) is 11.9 Å². The van der Waals surface area contributed by atoms with Crippen LogP contribution >= 0.6 is 0 Å². The van der Waals surface area contributed by atoms with Crippen molar-refractivity contribution in [3.63, 3.8) is 0 Å². The maximum Gasteiger partial charge on any atom is 0.255 e. The van der Waals surface area contributed by atoms with Crippen LogP contribution in [0.1, 0.15) is 43.0 Å². The highest BCUT2D eigenvalue weighted by atomic mass is 16.5. The molecule has 0 radical (unpaired) electrons. The molecule has 0 aliphatic carbocycles. The molecule has 2 aromatic carbocycles. The summed E-state index contributed by atoms with van der Waals surface area (Å²) in [6.45, 7) is 4.72. The first kappa shape index (κ1) is 23.2. The highest BCUT2D eigenvalue weighted by molar-refractivity contribution is 6.01. The van der Waals surface area contributed by atoms with Crippen molar-refractivity contribution in [3.8, 4) is 11.5 Å². The van der Waals surface area contributed by atoms with Crippen LogP contribution in [0.25, 0.3) is 10.9 Å². The Balaban J connectivity index is 1.69. The van der Waals surface area contributed by atoms with Gasteiger partial charge in [-0.05, 0) is 42.7 Å². The first-order valence-corrected chi connectivity index (χ1v) is 12.1. The molecule has 184 valence electrons. The van der Waals surface area contributed by atoms with Crippen LogP contribution in [0.15, 0.2) is 42.5 Å². The fourth-order valence-electron chi connectivity index (χ4n) is 5.51. The third kappa shape index (κ3) is 3.55. The van der Waals surface area contributed by atoms with E-state index in [-0.39, 0.29) is 37.4 Å². The summed E-state index contributed by atoms with van der Waals surface area (Å²) in [5, 5.41) is 10.5. The lowest BCUT2D eigenvalue weighted by Gasteiger charge is -2.51. The minimum absolute atomic E-state index is 0.0373. The lowest BCUT2D eigenvalue weighted by Crippen LogP contribution is -2.67. The number of methoxy groups -OCH3 is 1. The molecular weight excluding hydrogens is 446 g/mol. The Bertz CT molecular complexity index is 1290. The normalized spacial score (nSPS) is 21.8. The molecule has 2 aliphatic rings. The van der Waals surface area contributed by atoms with Gasteiger partial charge >= 0.3 is 0 Å². The van der Waals surface area contributed by atoms with E-state index in [4.69, 9.17) is 9.47 Å². The lowest BCUT2D eigenvalue weighted by atomic mass is 9.76. The number of H-pyrrole nitrogens is 1. The number of aromatic nitrogens is 1. The maximum atomic E-state index is 13.7. The van der Waals surface area contributed by atoms with E-state index in [0.717, 1.165) is 34.1 Å². The average molecular weight is 478 g/mol. The fraction of sp³-hybridized carbons (Fsp3) is 0.407. The molecule has 0 unspecified atom stereocenters. The molecule has 35 heavy (non-hydrogen) atoms. The number of piperazine rings is 1. The van der Waals surface area contributed by atoms with Gasteiger partial charge in [0.2, 0.25) is 5.91 Å². The van der Waals surface area contributed by atoms with Crippen molar-refractivity contribution in [2.75, 3.05) is 40.0 Å². The smallest absolute Gasteiger partial charge is 0.255 e. The van der Waals surface area contributed by atoms with Crippen molar-refractivity contribution < 1.29 is 24.2 Å². The standard InChI is InChI=1S/C27H31N3O5/c1-4-13-35-21-10-9-17(14-22(21)34-3)19-15-30-23(32)16-29(11-12-31)26(33)27(30,2)25-24(19)18-7-5-6-8-20(18)28-25/h5-10,14,19,28,31H,4,11-13,15-16H2,1-3H3/t19-,27+/m1/s1. The molecule has 8 nitrogen and oxygen atoms in total. The summed E-state index contributed by atoms with van der Waals surface area (Å²) in [4.78, 5) is 33.7. The highest BCUT2D eigenvalue weighted by Crippen LogP contribution is 2.48. The molecule has 2 amide bonds. The monoisotopic (exact) mass is 477 g/mol. The summed E-state index contributed by atoms with van der Waals surface area (Å²) in [6.07, 6.45) is 0.892. The Labute approximate surface area is 204 Å². The van der Waals surface area contributed by atoms with Gasteiger partial charge in [-0.25, -0.2) is 0 Å². The van der Waals surface area contributed by atoms with E-state index in [9.17, 15) is 14.7 Å². The SMILES string of the molecule is CCCOc1ccc([C@H]2CN3C(=O)CN(CCO)C(=O)[C@]3(C)c3[nH]c4ccccc4c32)cc1OC. The Morgan fingerprint density at radius 1 is 1.17 bits per heavy atom. The first-order chi connectivity index (χ1) is 16.9. The van der Waals surface area contributed by atoms with Crippen LogP contribution < -0.4 is 9.47 Å². The predicted octanol–water partition coefficient (Wildman–Crippen LogP) is 2.99. The number of nitrogens with one attached hydrogen (secondary N) is 1. The topological polar surface area (TPSA) is 95.1 Å². The number of aromatic amines is 1. The Kier molecular flexibility index (Phi) is 5.92. The van der Waals surface area contributed by atoms with E-state index in [1.54, 1.807) is 12.0 Å². The molecule has 3 aromatic rings. The summed E-state index contributed by atoms with van der Waals surface area (Å²) in [5.74, 6) is 0.843. The van der Waals surface area contributed by atoms with Crippen LogP contribution in [0, 0.1) is 0 Å². The van der Waals surface area contributed by atoms with Crippen molar-refractivity contribution in [1.82, 2.24) is 14.8 Å². The van der Waals surface area contributed by atoms with Gasteiger partial charge in [0, 0.05) is 29.9 Å². The summed E-state index contributed by atoms with van der Waals surface area (Å²) in [5.41, 5.74) is 2.46. The zero-order valence-electron chi connectivity index (χ0n) is 20.3. The zero-order valence-corrected chi connectivity index (χ0v) is 20.3. The number of ether oxygens (including phenoxy) is 2. The number of fused-ring (bicyclic) bond motifs is 5. The number of para-hydroxylation sites is 1. The molecule has 0 bridgehead atoms. The summed E-state index contributed by atoms with van der Waals surface area (Å²) in [6, 6.07) is 13.9. The molecular formula is C27H31N3O5. The largest absolute Gasteiger partial charge is 0.493 e. The number of nitrogens with zero attached hydrogens (tertiary/aromatic N) is 2. The van der Waals surface area contributed by atoms with Crippen LogP contribution in [-0.4, -0.2) is 71.7 Å². The second kappa shape index (κ2) is 8.92. The molecule has 2 N–H and O–H groups in total. The van der Waals surface area contributed by atoms with Crippen molar-refractivity contribution in [3.05, 3.63) is 59.3 Å². The van der Waals surface area contributed by atoms with Crippen LogP contribution in [0.2, 0.25) is 0 Å². The number of β-amino-alcohol motifs (C(OH)–C–C–N with tert-alkyl or cyclic N) is 1. The van der Waals surface area contributed by atoms with Crippen LogP contribution in [-0.2, 0) is 15.1 Å². The second-order valence-corrected chi connectivity index (χ2v) is 9.30. The van der Waals surface area contributed by atoms with E-state index >= 15 is 0 Å². The van der Waals surface area contributed by atoms with Crippen molar-refractivity contribution in [2.45, 2.75) is 31.7 Å². The van der Waals surface area contributed by atoms with Gasteiger partial charge in [0.15, 0.2) is 17.0 Å². The number of hydrogen-bond acceptors (Lipinski definition) is 5. The van der Waals surface area contributed by atoms with Gasteiger partial charge in [0.05, 0.1) is 32.6 Å². The molecule has 0 saturated carbocycles. The molecule has 8 heteroatoms. The number of aliphatic hydroxyl groups is 1. The molecule has 1 saturated heterocycles. The number of carbonyl (C=O) groups excluding carboxylic acids is 2. The third-order valence-electron chi connectivity index (χ3n) is 7.24. The second-order valence-electron chi connectivity index (χ2n) is 9.30. The van der Waals surface area contributed by atoms with E-state index in [0.29, 0.717) is 24.7 Å². The number of benzene rings is 2. The number of aliphatic hydroxyl groups excluding tert-OH is 1. The summed E-state index contributed by atoms with van der Waals surface area (Å²) < 4.78 is 11.5. The van der Waals surface area contributed by atoms with Gasteiger partial charge in [-0.1, -0.05) is 31.2 Å². The average Bonchev–Trinajstić information content (AvgIpc) is 3.27. The molecule has 1 fully saturated rings. The Morgan fingerprint density at radius 2 is 1.97 bits per heavy atom. The van der Waals surface area contributed by atoms with Crippen molar-refractivity contribution >= 4 is 22.7 Å². The molecule has 2 aliphatic heterocycles. The molecule has 1 aromatic heterocycles. The van der Waals surface area contributed by atoms with E-state index in [1.807, 2.05) is 49.4 Å². The number of hydrogen-bond donors (Lipinski definition) is 2. The van der Waals surface area contributed by atoms with Crippen LogP contribution in [0.5, 0.6) is 11.5 Å². The molecule has 2 atom stereocenters. The number of carbonyl (C=O) groups is 2. The minimum atomic E-state index is -1.18. The van der Waals surface area contributed by atoms with E-state index in [1.165, 1.54) is 4.90 Å². The van der Waals surface area contributed by atoms with Gasteiger partial charge in [-0.15, -0.1) is 0 Å². The number of amides is 2. The van der Waals surface area contributed by atoms with Crippen molar-refractivity contribution in [1.29, 1.82) is 0 Å². The molecule has 5 rings (SSSR count). The summed E-state index contributed by atoms with van der Waals surface area (Å²) in [7, 11) is 1.62. The maximum absolute atomic E-state index is 13.7. The highest BCUT2D eigenvalue weighted by Gasteiger charge is 2.56.